The molecule has 10 heteroatoms. The molecule has 5 rings (SSSR count). The molecular weight excluding hydrogens is 558 g/mol. The van der Waals surface area contributed by atoms with Gasteiger partial charge in [0, 0.05) is 39.0 Å². The van der Waals surface area contributed by atoms with Crippen molar-refractivity contribution >= 4 is 49.8 Å². The monoisotopic (exact) mass is 582 g/mol. The molecule has 1 aliphatic carbocycles. The number of hydrogen-bond donors (Lipinski definition) is 1. The van der Waals surface area contributed by atoms with E-state index in [9.17, 15) is 26.8 Å². The standard InChI is InChI=1S/C29H21ClF2N2O4S.CH4/c30-20-10-13-25-23(15-20)27(22-8-4-5-9-26(22)35)28(34(25)16-19-14-21(31)11-12-24(19)32)29(36)33-39(37,38)17-18-6-2-1-3-7-18;/h1-8,10-15H,9,16-17H2,(H,33,36);1H4. The first-order chi connectivity index (χ1) is 18.6. The molecule has 1 amide bonds. The minimum Gasteiger partial charge on any atom is -0.331 e. The minimum atomic E-state index is -4.18. The highest BCUT2D eigenvalue weighted by atomic mass is 35.5. The smallest absolute Gasteiger partial charge is 0.282 e. The van der Waals surface area contributed by atoms with Crippen molar-refractivity contribution in [3.8, 4) is 0 Å². The van der Waals surface area contributed by atoms with Gasteiger partial charge in [0.25, 0.3) is 5.91 Å². The molecule has 0 bridgehead atoms. The maximum atomic E-state index is 14.7. The molecule has 0 saturated carbocycles. The van der Waals surface area contributed by atoms with Crippen molar-refractivity contribution in [3.05, 3.63) is 124 Å². The quantitative estimate of drug-likeness (QED) is 0.272. The van der Waals surface area contributed by atoms with E-state index in [2.05, 4.69) is 4.72 Å². The number of sulfonamides is 1. The summed E-state index contributed by atoms with van der Waals surface area (Å²) in [7, 11) is -4.18. The molecule has 0 aliphatic heterocycles. The molecule has 0 unspecified atom stereocenters. The average molecular weight is 583 g/mol. The Balaban J connectivity index is 0.00000370. The maximum absolute atomic E-state index is 14.7. The number of benzene rings is 3. The third-order valence-corrected chi connectivity index (χ3v) is 7.74. The fraction of sp³-hybridized carbons (Fsp3) is 0.133. The number of nitrogens with zero attached hydrogens (tertiary/aromatic N) is 1. The van der Waals surface area contributed by atoms with Crippen LogP contribution in [0.4, 0.5) is 8.78 Å². The van der Waals surface area contributed by atoms with E-state index in [0.717, 1.165) is 18.2 Å². The number of amides is 1. The van der Waals surface area contributed by atoms with E-state index < -0.39 is 33.3 Å². The summed E-state index contributed by atoms with van der Waals surface area (Å²) in [6.07, 6.45) is 4.92. The number of ketones is 1. The molecular formula is C30H25ClF2N2O4S. The molecule has 1 heterocycles. The number of aromatic nitrogens is 1. The van der Waals surface area contributed by atoms with Gasteiger partial charge in [-0.05, 0) is 42.0 Å². The molecule has 0 atom stereocenters. The van der Waals surface area contributed by atoms with Gasteiger partial charge in [-0.1, -0.05) is 67.6 Å². The second-order valence-electron chi connectivity index (χ2n) is 9.02. The fourth-order valence-electron chi connectivity index (χ4n) is 4.62. The van der Waals surface area contributed by atoms with Gasteiger partial charge in [-0.25, -0.2) is 21.9 Å². The number of hydrogen-bond acceptors (Lipinski definition) is 4. The SMILES string of the molecule is C.O=C1CC=CC=C1c1c(C(=O)NS(=O)(=O)Cc2ccccc2)n(Cc2cc(F)ccc2F)c2ccc(Cl)cc12. The maximum Gasteiger partial charge on any atom is 0.282 e. The second-order valence-corrected chi connectivity index (χ2v) is 11.2. The highest BCUT2D eigenvalue weighted by molar-refractivity contribution is 7.89. The number of nitrogens with one attached hydrogen (secondary N) is 1. The summed E-state index contributed by atoms with van der Waals surface area (Å²) < 4.78 is 58.2. The lowest BCUT2D eigenvalue weighted by molar-refractivity contribution is -0.113. The summed E-state index contributed by atoms with van der Waals surface area (Å²) in [5.41, 5.74) is 0.912. The normalized spacial score (nSPS) is 13.2. The fourth-order valence-corrected chi connectivity index (χ4v) is 5.87. The van der Waals surface area contributed by atoms with Gasteiger partial charge in [-0.15, -0.1) is 0 Å². The first-order valence-corrected chi connectivity index (χ1v) is 13.9. The van der Waals surface area contributed by atoms with E-state index >= 15 is 0 Å². The molecule has 0 fully saturated rings. The summed E-state index contributed by atoms with van der Waals surface area (Å²) in [6.45, 7) is -0.319. The molecule has 1 N–H and O–H groups in total. The highest BCUT2D eigenvalue weighted by Crippen LogP contribution is 2.36. The third kappa shape index (κ3) is 5.90. The summed E-state index contributed by atoms with van der Waals surface area (Å²) in [4.78, 5) is 26.7. The molecule has 40 heavy (non-hydrogen) atoms. The third-order valence-electron chi connectivity index (χ3n) is 6.30. The predicted octanol–water partition coefficient (Wildman–Crippen LogP) is 6.43. The van der Waals surface area contributed by atoms with Gasteiger partial charge in [0.05, 0.1) is 12.3 Å². The molecule has 0 radical (unpaired) electrons. The molecule has 206 valence electrons. The Morgan fingerprint density at radius 2 is 1.77 bits per heavy atom. The highest BCUT2D eigenvalue weighted by Gasteiger charge is 2.30. The van der Waals surface area contributed by atoms with Crippen molar-refractivity contribution in [1.82, 2.24) is 9.29 Å². The average Bonchev–Trinajstić information content (AvgIpc) is 3.19. The van der Waals surface area contributed by atoms with Crippen molar-refractivity contribution in [2.75, 3.05) is 0 Å². The number of fused-ring (bicyclic) bond motifs is 1. The summed E-state index contributed by atoms with van der Waals surface area (Å²) in [5.74, 6) is -3.18. The van der Waals surface area contributed by atoms with Crippen LogP contribution in [0.5, 0.6) is 0 Å². The molecule has 1 aromatic heterocycles. The van der Waals surface area contributed by atoms with Crippen molar-refractivity contribution in [2.45, 2.75) is 26.1 Å². The van der Waals surface area contributed by atoms with Crippen LogP contribution < -0.4 is 4.72 Å². The van der Waals surface area contributed by atoms with Crippen LogP contribution in [0.1, 0.15) is 41.0 Å². The number of allylic oxidation sites excluding steroid dienone is 4. The zero-order chi connectivity index (χ0) is 27.7. The largest absolute Gasteiger partial charge is 0.331 e. The molecule has 3 aromatic carbocycles. The lowest BCUT2D eigenvalue weighted by Crippen LogP contribution is -2.34. The summed E-state index contributed by atoms with van der Waals surface area (Å²) in [6, 6.07) is 15.9. The van der Waals surface area contributed by atoms with Crippen LogP contribution in [-0.2, 0) is 27.1 Å². The van der Waals surface area contributed by atoms with Crippen LogP contribution in [0.2, 0.25) is 5.02 Å². The van der Waals surface area contributed by atoms with E-state index in [0.29, 0.717) is 21.5 Å². The van der Waals surface area contributed by atoms with E-state index in [-0.39, 0.29) is 48.6 Å². The van der Waals surface area contributed by atoms with E-state index in [4.69, 9.17) is 11.6 Å². The lowest BCUT2D eigenvalue weighted by Gasteiger charge is -2.15. The number of Topliss-reactive ketones (excluding diaryl/α,β-unsaturated/α-hetero) is 1. The molecule has 0 saturated heterocycles. The first-order valence-electron chi connectivity index (χ1n) is 11.9. The molecule has 0 spiro atoms. The van der Waals surface area contributed by atoms with Crippen LogP contribution in [0.25, 0.3) is 16.5 Å². The predicted molar refractivity (Wildman–Crippen MR) is 152 cm³/mol. The van der Waals surface area contributed by atoms with E-state index in [1.54, 1.807) is 60.7 Å². The summed E-state index contributed by atoms with van der Waals surface area (Å²) in [5, 5.41) is 0.695. The van der Waals surface area contributed by atoms with E-state index in [1.807, 2.05) is 0 Å². The Labute approximate surface area is 235 Å². The number of rotatable bonds is 7. The van der Waals surface area contributed by atoms with Gasteiger partial charge in [0.2, 0.25) is 10.0 Å². The Morgan fingerprint density at radius 1 is 1.02 bits per heavy atom. The Kier molecular flexibility index (Phi) is 8.37. The number of carbonyl (C=O) groups excluding carboxylic acids is 2. The Morgan fingerprint density at radius 3 is 2.50 bits per heavy atom. The van der Waals surface area contributed by atoms with E-state index in [1.165, 1.54) is 10.6 Å². The Bertz CT molecular complexity index is 1800. The van der Waals surface area contributed by atoms with Crippen molar-refractivity contribution < 1.29 is 26.8 Å². The van der Waals surface area contributed by atoms with Gasteiger partial charge < -0.3 is 4.57 Å². The first kappa shape index (κ1) is 28.9. The van der Waals surface area contributed by atoms with Crippen molar-refractivity contribution in [2.24, 2.45) is 0 Å². The zero-order valence-corrected chi connectivity index (χ0v) is 21.9. The van der Waals surface area contributed by atoms with Gasteiger partial charge >= 0.3 is 0 Å². The van der Waals surface area contributed by atoms with Gasteiger partial charge in [0.15, 0.2) is 5.78 Å². The van der Waals surface area contributed by atoms with Crippen LogP contribution in [0.3, 0.4) is 0 Å². The van der Waals surface area contributed by atoms with Gasteiger partial charge in [0.1, 0.15) is 17.3 Å². The molecule has 6 nitrogen and oxygen atoms in total. The van der Waals surface area contributed by atoms with Crippen molar-refractivity contribution in [1.29, 1.82) is 0 Å². The van der Waals surface area contributed by atoms with Gasteiger partial charge in [-0.3, -0.25) is 9.59 Å². The van der Waals surface area contributed by atoms with Gasteiger partial charge in [-0.2, -0.15) is 0 Å². The second kappa shape index (κ2) is 11.6. The van der Waals surface area contributed by atoms with Crippen LogP contribution in [0, 0.1) is 11.6 Å². The number of halogens is 3. The molecule has 1 aliphatic rings. The lowest BCUT2D eigenvalue weighted by atomic mass is 9.93. The van der Waals surface area contributed by atoms with Crippen molar-refractivity contribution in [3.63, 3.8) is 0 Å². The topological polar surface area (TPSA) is 85.2 Å². The van der Waals surface area contributed by atoms with Crippen LogP contribution in [0.15, 0.2) is 85.0 Å². The minimum absolute atomic E-state index is 0. The molecule has 4 aromatic rings. The van der Waals surface area contributed by atoms with Crippen LogP contribution >= 0.6 is 11.6 Å². The van der Waals surface area contributed by atoms with Crippen LogP contribution in [-0.4, -0.2) is 24.7 Å². The Hall–Kier alpha value is -4.08. The number of carbonyl (C=O) groups is 2. The zero-order valence-electron chi connectivity index (χ0n) is 20.3. The summed E-state index contributed by atoms with van der Waals surface area (Å²) >= 11 is 6.28.